The van der Waals surface area contributed by atoms with Gasteiger partial charge in [0.1, 0.15) is 6.33 Å². The molecule has 84 valence electrons. The summed E-state index contributed by atoms with van der Waals surface area (Å²) in [6, 6.07) is 6.37. The van der Waals surface area contributed by atoms with E-state index in [4.69, 9.17) is 0 Å². The average molecular weight is 345 g/mol. The van der Waals surface area contributed by atoms with Crippen molar-refractivity contribution in [2.45, 2.75) is 19.9 Å². The number of nitrogens with zero attached hydrogens (tertiary/aromatic N) is 3. The van der Waals surface area contributed by atoms with Crippen LogP contribution in [0, 0.1) is 0 Å². The monoisotopic (exact) mass is 343 g/mol. The first-order chi connectivity index (χ1) is 7.59. The minimum Gasteiger partial charge on any atom is -0.311 e. The first-order valence-electron chi connectivity index (χ1n) is 4.94. The van der Waals surface area contributed by atoms with Crippen molar-refractivity contribution in [3.05, 3.63) is 33.5 Å². The van der Waals surface area contributed by atoms with Crippen LogP contribution in [-0.4, -0.2) is 14.8 Å². The van der Waals surface area contributed by atoms with Crippen LogP contribution < -0.4 is 0 Å². The van der Waals surface area contributed by atoms with E-state index in [9.17, 15) is 0 Å². The molecule has 2 rings (SSSR count). The van der Waals surface area contributed by atoms with Crippen LogP contribution in [0.4, 0.5) is 0 Å². The summed E-state index contributed by atoms with van der Waals surface area (Å²) in [5.74, 6) is 0.878. The molecule has 0 fully saturated rings. The first-order valence-corrected chi connectivity index (χ1v) is 6.53. The maximum absolute atomic E-state index is 4.17. The van der Waals surface area contributed by atoms with Crippen molar-refractivity contribution in [2.24, 2.45) is 0 Å². The molecule has 1 heterocycles. The number of benzene rings is 1. The largest absolute Gasteiger partial charge is 0.311 e. The molecule has 1 aromatic heterocycles. The van der Waals surface area contributed by atoms with Crippen molar-refractivity contribution in [3.8, 4) is 11.4 Å². The van der Waals surface area contributed by atoms with Gasteiger partial charge in [0, 0.05) is 20.6 Å². The Bertz CT molecular complexity index is 506. The van der Waals surface area contributed by atoms with Crippen molar-refractivity contribution in [3.63, 3.8) is 0 Å². The smallest absolute Gasteiger partial charge is 0.165 e. The minimum atomic E-state index is 0.343. The Morgan fingerprint density at radius 3 is 2.69 bits per heavy atom. The van der Waals surface area contributed by atoms with Crippen molar-refractivity contribution in [2.75, 3.05) is 0 Å². The van der Waals surface area contributed by atoms with Gasteiger partial charge in [-0.05, 0) is 32.0 Å². The molecular formula is C11H11Br2N3. The van der Waals surface area contributed by atoms with Gasteiger partial charge in [-0.2, -0.15) is 0 Å². The molecule has 0 bridgehead atoms. The molecule has 2 aromatic rings. The molecule has 3 nitrogen and oxygen atoms in total. The van der Waals surface area contributed by atoms with Crippen LogP contribution in [-0.2, 0) is 0 Å². The number of hydrogen-bond acceptors (Lipinski definition) is 2. The highest BCUT2D eigenvalue weighted by Gasteiger charge is 2.12. The molecule has 0 atom stereocenters. The topological polar surface area (TPSA) is 30.7 Å². The van der Waals surface area contributed by atoms with Crippen molar-refractivity contribution >= 4 is 31.9 Å². The van der Waals surface area contributed by atoms with Gasteiger partial charge in [0.25, 0.3) is 0 Å². The van der Waals surface area contributed by atoms with E-state index < -0.39 is 0 Å². The van der Waals surface area contributed by atoms with Crippen LogP contribution >= 0.6 is 31.9 Å². The average Bonchev–Trinajstić information content (AvgIpc) is 2.70. The highest BCUT2D eigenvalue weighted by atomic mass is 79.9. The molecule has 0 radical (unpaired) electrons. The molecular weight excluding hydrogens is 334 g/mol. The van der Waals surface area contributed by atoms with Crippen LogP contribution in [0.15, 0.2) is 33.5 Å². The second kappa shape index (κ2) is 4.67. The molecule has 0 aliphatic carbocycles. The van der Waals surface area contributed by atoms with E-state index in [1.54, 1.807) is 6.33 Å². The molecule has 0 amide bonds. The van der Waals surface area contributed by atoms with Crippen LogP contribution in [0.25, 0.3) is 11.4 Å². The molecule has 16 heavy (non-hydrogen) atoms. The lowest BCUT2D eigenvalue weighted by atomic mass is 10.2. The van der Waals surface area contributed by atoms with E-state index in [2.05, 4.69) is 55.9 Å². The normalized spacial score (nSPS) is 11.1. The lowest BCUT2D eigenvalue weighted by Crippen LogP contribution is -2.02. The van der Waals surface area contributed by atoms with Crippen molar-refractivity contribution in [1.82, 2.24) is 14.8 Å². The Morgan fingerprint density at radius 1 is 1.25 bits per heavy atom. The van der Waals surface area contributed by atoms with Crippen LogP contribution in [0.2, 0.25) is 0 Å². The maximum atomic E-state index is 4.17. The Balaban J connectivity index is 2.58. The predicted molar refractivity (Wildman–Crippen MR) is 71.2 cm³/mol. The van der Waals surface area contributed by atoms with Crippen molar-refractivity contribution in [1.29, 1.82) is 0 Å². The molecule has 0 aliphatic rings. The zero-order chi connectivity index (χ0) is 11.7. The number of halogens is 2. The molecule has 1 aromatic carbocycles. The van der Waals surface area contributed by atoms with Gasteiger partial charge in [-0.25, -0.2) is 0 Å². The lowest BCUT2D eigenvalue weighted by Gasteiger charge is -2.11. The van der Waals surface area contributed by atoms with Crippen molar-refractivity contribution < 1.29 is 0 Å². The summed E-state index contributed by atoms with van der Waals surface area (Å²) in [7, 11) is 0. The van der Waals surface area contributed by atoms with Gasteiger partial charge in [-0.3, -0.25) is 0 Å². The zero-order valence-corrected chi connectivity index (χ0v) is 12.2. The summed E-state index contributed by atoms with van der Waals surface area (Å²) in [5, 5.41) is 8.14. The van der Waals surface area contributed by atoms with E-state index >= 15 is 0 Å². The van der Waals surface area contributed by atoms with Crippen LogP contribution in [0.1, 0.15) is 19.9 Å². The van der Waals surface area contributed by atoms with Gasteiger partial charge in [-0.15, -0.1) is 10.2 Å². The summed E-state index contributed by atoms with van der Waals surface area (Å²) in [6.45, 7) is 4.22. The maximum Gasteiger partial charge on any atom is 0.165 e. The third-order valence-electron chi connectivity index (χ3n) is 2.30. The molecule has 0 N–H and O–H groups in total. The fourth-order valence-electron chi connectivity index (χ4n) is 1.48. The molecule has 0 aliphatic heterocycles. The molecule has 0 unspecified atom stereocenters. The standard InChI is InChI=1S/C11H11Br2N3/c1-7(2)16-6-14-15-11(16)9-5-8(12)3-4-10(9)13/h3-7H,1-2H3. The fraction of sp³-hybridized carbons (Fsp3) is 0.273. The van der Waals surface area contributed by atoms with Gasteiger partial charge < -0.3 is 4.57 Å². The lowest BCUT2D eigenvalue weighted by molar-refractivity contribution is 0.604. The van der Waals surface area contributed by atoms with Crippen LogP contribution in [0.5, 0.6) is 0 Å². The summed E-state index contributed by atoms with van der Waals surface area (Å²) < 4.78 is 4.10. The Kier molecular flexibility index (Phi) is 3.44. The van der Waals surface area contributed by atoms with E-state index in [-0.39, 0.29) is 0 Å². The third-order valence-corrected chi connectivity index (χ3v) is 3.48. The quantitative estimate of drug-likeness (QED) is 0.822. The zero-order valence-electron chi connectivity index (χ0n) is 8.98. The SMILES string of the molecule is CC(C)n1cnnc1-c1cc(Br)ccc1Br. The van der Waals surface area contributed by atoms with E-state index in [1.165, 1.54) is 0 Å². The highest BCUT2D eigenvalue weighted by Crippen LogP contribution is 2.30. The molecule has 0 spiro atoms. The van der Waals surface area contributed by atoms with E-state index in [0.717, 1.165) is 20.3 Å². The highest BCUT2D eigenvalue weighted by molar-refractivity contribution is 9.11. The number of aromatic nitrogens is 3. The first kappa shape index (κ1) is 11.8. The summed E-state index contributed by atoms with van der Waals surface area (Å²) in [5.41, 5.74) is 1.04. The number of hydrogen-bond donors (Lipinski definition) is 0. The van der Waals surface area contributed by atoms with Gasteiger partial charge in [0.15, 0.2) is 5.82 Å². The van der Waals surface area contributed by atoms with E-state index in [0.29, 0.717) is 6.04 Å². The van der Waals surface area contributed by atoms with E-state index in [1.807, 2.05) is 22.8 Å². The van der Waals surface area contributed by atoms with Gasteiger partial charge in [0.2, 0.25) is 0 Å². The van der Waals surface area contributed by atoms with Gasteiger partial charge in [0.05, 0.1) is 0 Å². The summed E-state index contributed by atoms with van der Waals surface area (Å²) >= 11 is 7.00. The second-order valence-corrected chi connectivity index (χ2v) is 5.55. The Hall–Kier alpha value is -0.680. The molecule has 0 saturated carbocycles. The van der Waals surface area contributed by atoms with Gasteiger partial charge >= 0.3 is 0 Å². The Morgan fingerprint density at radius 2 is 2.00 bits per heavy atom. The molecule has 0 saturated heterocycles. The number of rotatable bonds is 2. The third kappa shape index (κ3) is 2.20. The minimum absolute atomic E-state index is 0.343. The fourth-order valence-corrected chi connectivity index (χ4v) is 2.27. The van der Waals surface area contributed by atoms with Gasteiger partial charge in [-0.1, -0.05) is 31.9 Å². The molecule has 5 heteroatoms. The summed E-state index contributed by atoms with van der Waals surface area (Å²) in [4.78, 5) is 0. The Labute approximate surface area is 111 Å². The summed E-state index contributed by atoms with van der Waals surface area (Å²) in [6.07, 6.45) is 1.76. The second-order valence-electron chi connectivity index (χ2n) is 3.78. The van der Waals surface area contributed by atoms with Crippen LogP contribution in [0.3, 0.4) is 0 Å². The predicted octanol–water partition coefficient (Wildman–Crippen LogP) is 4.05.